The summed E-state index contributed by atoms with van der Waals surface area (Å²) in [6.07, 6.45) is 7.27. The molecule has 82 valence electrons. The van der Waals surface area contributed by atoms with Crippen LogP contribution in [0.1, 0.15) is 32.1 Å². The third kappa shape index (κ3) is 2.58. The molecule has 2 rings (SSSR count). The molecule has 15 heavy (non-hydrogen) atoms. The highest BCUT2D eigenvalue weighted by Crippen LogP contribution is 2.20. The normalized spacial score (nSPS) is 21.6. The predicted octanol–water partition coefficient (Wildman–Crippen LogP) is 1.43. The van der Waals surface area contributed by atoms with Gasteiger partial charge in [0.15, 0.2) is 0 Å². The zero-order valence-electron chi connectivity index (χ0n) is 8.79. The summed E-state index contributed by atoms with van der Waals surface area (Å²) in [5, 5.41) is 2.33. The molecule has 1 heterocycles. The Kier molecular flexibility index (Phi) is 3.04. The molecular formula is C11H16N2O2. The van der Waals surface area contributed by atoms with Crippen molar-refractivity contribution in [3.05, 3.63) is 11.6 Å². The molecule has 0 spiro atoms. The summed E-state index contributed by atoms with van der Waals surface area (Å²) in [6, 6.07) is -0.232. The molecule has 0 bridgehead atoms. The summed E-state index contributed by atoms with van der Waals surface area (Å²) in [5.41, 5.74) is 1.46. The smallest absolute Gasteiger partial charge is 0.324 e. The number of allylic oxidation sites excluding steroid dienone is 1. The maximum Gasteiger partial charge on any atom is 0.324 e. The molecule has 0 saturated carbocycles. The Hall–Kier alpha value is -1.32. The van der Waals surface area contributed by atoms with Crippen LogP contribution in [-0.2, 0) is 4.79 Å². The maximum absolute atomic E-state index is 11.4. The van der Waals surface area contributed by atoms with Gasteiger partial charge in [0.1, 0.15) is 0 Å². The number of hydrogen-bond donors (Lipinski definition) is 1. The first-order valence-corrected chi connectivity index (χ1v) is 5.52. The number of hydrogen-bond acceptors (Lipinski definition) is 2. The second-order valence-electron chi connectivity index (χ2n) is 4.09. The number of urea groups is 1. The van der Waals surface area contributed by atoms with Crippen molar-refractivity contribution in [3.63, 3.8) is 0 Å². The van der Waals surface area contributed by atoms with Crippen LogP contribution >= 0.6 is 0 Å². The van der Waals surface area contributed by atoms with Gasteiger partial charge in [-0.2, -0.15) is 0 Å². The fraction of sp³-hybridized carbons (Fsp3) is 0.636. The zero-order chi connectivity index (χ0) is 10.7. The van der Waals surface area contributed by atoms with Crippen molar-refractivity contribution in [2.75, 3.05) is 13.1 Å². The summed E-state index contributed by atoms with van der Waals surface area (Å²) in [6.45, 7) is 1.31. The summed E-state index contributed by atoms with van der Waals surface area (Å²) in [7, 11) is 0. The average molecular weight is 208 g/mol. The molecule has 1 N–H and O–H groups in total. The minimum absolute atomic E-state index is 0.156. The number of nitrogens with one attached hydrogen (secondary N) is 1. The third-order valence-corrected chi connectivity index (χ3v) is 2.98. The molecule has 0 unspecified atom stereocenters. The van der Waals surface area contributed by atoms with Gasteiger partial charge in [0.05, 0.1) is 0 Å². The zero-order valence-corrected chi connectivity index (χ0v) is 8.79. The lowest BCUT2D eigenvalue weighted by Gasteiger charge is -2.26. The maximum atomic E-state index is 11.4. The average Bonchev–Trinajstić information content (AvgIpc) is 2.69. The van der Waals surface area contributed by atoms with E-state index in [-0.39, 0.29) is 11.9 Å². The van der Waals surface area contributed by atoms with E-state index in [4.69, 9.17) is 0 Å². The number of imide groups is 1. The van der Waals surface area contributed by atoms with Gasteiger partial charge >= 0.3 is 6.03 Å². The summed E-state index contributed by atoms with van der Waals surface area (Å²) in [4.78, 5) is 24.0. The Bertz CT molecular complexity index is 310. The quantitative estimate of drug-likeness (QED) is 0.713. The molecule has 0 aromatic carbocycles. The molecule has 1 aliphatic carbocycles. The first-order chi connectivity index (χ1) is 7.25. The molecule has 4 nitrogen and oxygen atoms in total. The fourth-order valence-corrected chi connectivity index (χ4v) is 2.06. The van der Waals surface area contributed by atoms with Crippen LogP contribution < -0.4 is 5.32 Å². The van der Waals surface area contributed by atoms with Crippen LogP contribution in [0.2, 0.25) is 0 Å². The Morgan fingerprint density at radius 1 is 1.33 bits per heavy atom. The van der Waals surface area contributed by atoms with Gasteiger partial charge in [0, 0.05) is 19.5 Å². The van der Waals surface area contributed by atoms with E-state index >= 15 is 0 Å². The first kappa shape index (κ1) is 10.2. The molecule has 4 heteroatoms. The van der Waals surface area contributed by atoms with Crippen LogP contribution in [0.25, 0.3) is 0 Å². The van der Waals surface area contributed by atoms with Gasteiger partial charge in [-0.3, -0.25) is 10.1 Å². The second kappa shape index (κ2) is 4.47. The van der Waals surface area contributed by atoms with Gasteiger partial charge in [0.2, 0.25) is 5.91 Å². The van der Waals surface area contributed by atoms with Crippen molar-refractivity contribution in [1.82, 2.24) is 10.2 Å². The summed E-state index contributed by atoms with van der Waals surface area (Å²) >= 11 is 0. The van der Waals surface area contributed by atoms with E-state index in [1.54, 1.807) is 4.90 Å². The van der Waals surface area contributed by atoms with E-state index in [2.05, 4.69) is 11.4 Å². The number of amides is 3. The minimum atomic E-state index is -0.232. The molecule has 1 saturated heterocycles. The van der Waals surface area contributed by atoms with Gasteiger partial charge in [-0.05, 0) is 25.7 Å². The van der Waals surface area contributed by atoms with E-state index in [9.17, 15) is 9.59 Å². The highest BCUT2D eigenvalue weighted by molar-refractivity contribution is 5.96. The van der Waals surface area contributed by atoms with E-state index in [0.717, 1.165) is 13.0 Å². The van der Waals surface area contributed by atoms with Crippen molar-refractivity contribution in [2.45, 2.75) is 32.1 Å². The Morgan fingerprint density at radius 3 is 2.87 bits per heavy atom. The minimum Gasteiger partial charge on any atom is -0.324 e. The number of rotatable bonds is 3. The highest BCUT2D eigenvalue weighted by Gasteiger charge is 2.22. The van der Waals surface area contributed by atoms with Crippen LogP contribution in [0.5, 0.6) is 0 Å². The van der Waals surface area contributed by atoms with Crippen LogP contribution in [0.3, 0.4) is 0 Å². The van der Waals surface area contributed by atoms with E-state index in [1.165, 1.54) is 24.8 Å². The monoisotopic (exact) mass is 208 g/mol. The standard InChI is InChI=1S/C11H16N2O2/c14-10-6-8-13(11(15)12-10)7-5-9-3-1-2-4-9/h3H,1-2,4-8H2,(H,12,14,15). The molecule has 0 atom stereocenters. The number of carbonyl (C=O) groups is 2. The van der Waals surface area contributed by atoms with Gasteiger partial charge in [-0.1, -0.05) is 11.6 Å². The Balaban J connectivity index is 1.79. The van der Waals surface area contributed by atoms with Gasteiger partial charge < -0.3 is 4.90 Å². The van der Waals surface area contributed by atoms with Crippen molar-refractivity contribution in [2.24, 2.45) is 0 Å². The van der Waals surface area contributed by atoms with Crippen molar-refractivity contribution in [1.29, 1.82) is 0 Å². The Labute approximate surface area is 89.3 Å². The lowest BCUT2D eigenvalue weighted by Crippen LogP contribution is -2.49. The predicted molar refractivity (Wildman–Crippen MR) is 56.3 cm³/mol. The number of carbonyl (C=O) groups excluding carboxylic acids is 2. The molecule has 1 aliphatic heterocycles. The lowest BCUT2D eigenvalue weighted by molar-refractivity contribution is -0.121. The number of nitrogens with zero attached hydrogens (tertiary/aromatic N) is 1. The largest absolute Gasteiger partial charge is 0.324 e. The van der Waals surface area contributed by atoms with E-state index < -0.39 is 0 Å². The van der Waals surface area contributed by atoms with Crippen LogP contribution in [-0.4, -0.2) is 29.9 Å². The molecule has 0 aromatic heterocycles. The van der Waals surface area contributed by atoms with Crippen molar-refractivity contribution < 1.29 is 9.59 Å². The molecule has 3 amide bonds. The van der Waals surface area contributed by atoms with Crippen LogP contribution in [0, 0.1) is 0 Å². The fourth-order valence-electron chi connectivity index (χ4n) is 2.06. The summed E-state index contributed by atoms with van der Waals surface area (Å²) < 4.78 is 0. The first-order valence-electron chi connectivity index (χ1n) is 5.52. The summed E-state index contributed by atoms with van der Waals surface area (Å²) in [5.74, 6) is -0.156. The van der Waals surface area contributed by atoms with E-state index in [0.29, 0.717) is 13.0 Å². The second-order valence-corrected chi connectivity index (χ2v) is 4.09. The highest BCUT2D eigenvalue weighted by atomic mass is 16.2. The van der Waals surface area contributed by atoms with Crippen LogP contribution in [0.15, 0.2) is 11.6 Å². The van der Waals surface area contributed by atoms with Gasteiger partial charge in [0.25, 0.3) is 0 Å². The van der Waals surface area contributed by atoms with Crippen molar-refractivity contribution >= 4 is 11.9 Å². The molecule has 2 aliphatic rings. The SMILES string of the molecule is O=C1CCN(CCC2=CCCC2)C(=O)N1. The molecular weight excluding hydrogens is 192 g/mol. The van der Waals surface area contributed by atoms with Crippen LogP contribution in [0.4, 0.5) is 4.79 Å². The Morgan fingerprint density at radius 2 is 2.20 bits per heavy atom. The third-order valence-electron chi connectivity index (χ3n) is 2.98. The van der Waals surface area contributed by atoms with Gasteiger partial charge in [-0.25, -0.2) is 4.79 Å². The van der Waals surface area contributed by atoms with Gasteiger partial charge in [-0.15, -0.1) is 0 Å². The lowest BCUT2D eigenvalue weighted by atomic mass is 10.1. The molecule has 1 fully saturated rings. The molecule has 0 aromatic rings. The topological polar surface area (TPSA) is 49.4 Å². The molecule has 0 radical (unpaired) electrons. The van der Waals surface area contributed by atoms with E-state index in [1.807, 2.05) is 0 Å². The van der Waals surface area contributed by atoms with Crippen molar-refractivity contribution in [3.8, 4) is 0 Å².